The van der Waals surface area contributed by atoms with Crippen LogP contribution in [0.5, 0.6) is 0 Å². The monoisotopic (exact) mass is 356 g/mol. The molecule has 26 heavy (non-hydrogen) atoms. The predicted molar refractivity (Wildman–Crippen MR) is 104 cm³/mol. The number of nitrogens with zero attached hydrogens (tertiary/aromatic N) is 3. The van der Waals surface area contributed by atoms with Gasteiger partial charge in [0.1, 0.15) is 5.69 Å². The molecule has 6 nitrogen and oxygen atoms in total. The van der Waals surface area contributed by atoms with E-state index >= 15 is 0 Å². The second kappa shape index (κ2) is 7.50. The molecule has 0 bridgehead atoms. The molecule has 2 aromatic rings. The molecule has 2 atom stereocenters. The number of carbonyl (C=O) groups is 1. The van der Waals surface area contributed by atoms with Crippen LogP contribution in [0.4, 0.5) is 5.69 Å². The molecule has 1 aromatic heterocycles. The number of likely N-dealkylation sites (tertiary alicyclic amines) is 1. The summed E-state index contributed by atoms with van der Waals surface area (Å²) in [7, 11) is 1.83. The Morgan fingerprint density at radius 1 is 1.15 bits per heavy atom. The van der Waals surface area contributed by atoms with Crippen molar-refractivity contribution in [3.8, 4) is 5.69 Å². The number of carbonyl (C=O) groups excluding carboxylic acids is 1. The second-order valence-electron chi connectivity index (χ2n) is 7.62. The average molecular weight is 356 g/mol. The largest absolute Gasteiger partial charge is 0.319 e. The van der Waals surface area contributed by atoms with E-state index in [1.807, 2.05) is 44.3 Å². The van der Waals surface area contributed by atoms with Gasteiger partial charge in [0.15, 0.2) is 0 Å². The van der Waals surface area contributed by atoms with E-state index in [1.165, 1.54) is 6.42 Å². The summed E-state index contributed by atoms with van der Waals surface area (Å²) in [6.45, 7) is 8.48. The Labute approximate surface area is 154 Å². The van der Waals surface area contributed by atoms with E-state index in [0.29, 0.717) is 24.1 Å². The Balaban J connectivity index is 1.78. The van der Waals surface area contributed by atoms with Crippen molar-refractivity contribution in [3.63, 3.8) is 0 Å². The molecule has 3 rings (SSSR count). The third kappa shape index (κ3) is 3.75. The molecular weight excluding hydrogens is 328 g/mol. The molecule has 0 aliphatic carbocycles. The minimum atomic E-state index is -0.204. The van der Waals surface area contributed by atoms with Crippen LogP contribution in [0.3, 0.4) is 0 Å². The fraction of sp³-hybridized carbons (Fsp3) is 0.500. The van der Waals surface area contributed by atoms with Crippen LogP contribution in [0.2, 0.25) is 0 Å². The summed E-state index contributed by atoms with van der Waals surface area (Å²) < 4.78 is 3.36. The fourth-order valence-corrected chi connectivity index (χ4v) is 4.02. The first-order valence-corrected chi connectivity index (χ1v) is 9.23. The van der Waals surface area contributed by atoms with E-state index in [0.717, 1.165) is 24.5 Å². The highest BCUT2D eigenvalue weighted by atomic mass is 16.2. The number of piperidine rings is 1. The molecule has 0 radical (unpaired) electrons. The van der Waals surface area contributed by atoms with E-state index in [4.69, 9.17) is 0 Å². The summed E-state index contributed by atoms with van der Waals surface area (Å²) in [5.74, 6) is 1.07. The maximum absolute atomic E-state index is 12.9. The minimum absolute atomic E-state index is 0.127. The lowest BCUT2D eigenvalue weighted by atomic mass is 9.92. The van der Waals surface area contributed by atoms with Crippen LogP contribution < -0.4 is 10.9 Å². The standard InChI is InChI=1S/C20H28N4O2/c1-14-10-15(2)12-23(11-14)13-18(25)21-19-16(3)22(4)24(20(19)26)17-8-6-5-7-9-17/h5-9,14-15H,10-13H2,1-4H3,(H,21,25). The zero-order valence-corrected chi connectivity index (χ0v) is 16.0. The van der Waals surface area contributed by atoms with Crippen molar-refractivity contribution in [2.75, 3.05) is 25.0 Å². The highest BCUT2D eigenvalue weighted by Gasteiger charge is 2.24. The summed E-state index contributed by atoms with van der Waals surface area (Å²) in [6.07, 6.45) is 1.21. The molecule has 0 spiro atoms. The quantitative estimate of drug-likeness (QED) is 0.915. The van der Waals surface area contributed by atoms with E-state index in [2.05, 4.69) is 24.1 Å². The van der Waals surface area contributed by atoms with Crippen LogP contribution in [-0.2, 0) is 11.8 Å². The normalized spacial score (nSPS) is 20.9. The number of rotatable bonds is 4. The second-order valence-corrected chi connectivity index (χ2v) is 7.62. The van der Waals surface area contributed by atoms with Crippen LogP contribution >= 0.6 is 0 Å². The van der Waals surface area contributed by atoms with Crippen molar-refractivity contribution in [2.45, 2.75) is 27.2 Å². The van der Waals surface area contributed by atoms with Gasteiger partial charge in [-0.05, 0) is 37.3 Å². The zero-order chi connectivity index (χ0) is 18.8. The molecule has 1 N–H and O–H groups in total. The molecule has 1 saturated heterocycles. The van der Waals surface area contributed by atoms with Crippen LogP contribution in [0.1, 0.15) is 26.0 Å². The van der Waals surface area contributed by atoms with Gasteiger partial charge in [0.05, 0.1) is 17.9 Å². The van der Waals surface area contributed by atoms with Gasteiger partial charge in [-0.2, -0.15) is 0 Å². The molecule has 140 valence electrons. The van der Waals surface area contributed by atoms with Gasteiger partial charge in [-0.3, -0.25) is 19.2 Å². The molecule has 0 saturated carbocycles. The third-order valence-corrected chi connectivity index (χ3v) is 5.13. The van der Waals surface area contributed by atoms with Gasteiger partial charge >= 0.3 is 0 Å². The maximum Gasteiger partial charge on any atom is 0.295 e. The Kier molecular flexibility index (Phi) is 5.32. The Morgan fingerprint density at radius 3 is 2.38 bits per heavy atom. The fourth-order valence-electron chi connectivity index (χ4n) is 4.02. The summed E-state index contributed by atoms with van der Waals surface area (Å²) in [6, 6.07) is 9.45. The van der Waals surface area contributed by atoms with Gasteiger partial charge in [-0.25, -0.2) is 4.68 Å². The van der Waals surface area contributed by atoms with Gasteiger partial charge < -0.3 is 5.32 Å². The van der Waals surface area contributed by atoms with Crippen LogP contribution in [0.15, 0.2) is 35.1 Å². The van der Waals surface area contributed by atoms with Crippen molar-refractivity contribution < 1.29 is 4.79 Å². The SMILES string of the molecule is Cc1c(NC(=O)CN2CC(C)CC(C)C2)c(=O)n(-c2ccccc2)n1C. The van der Waals surface area contributed by atoms with Crippen molar-refractivity contribution in [3.05, 3.63) is 46.4 Å². The van der Waals surface area contributed by atoms with Crippen LogP contribution in [0.25, 0.3) is 5.69 Å². The molecule has 1 aromatic carbocycles. The van der Waals surface area contributed by atoms with E-state index in [-0.39, 0.29) is 11.5 Å². The highest BCUT2D eigenvalue weighted by molar-refractivity contribution is 5.92. The van der Waals surface area contributed by atoms with Gasteiger partial charge in [-0.15, -0.1) is 0 Å². The number of hydrogen-bond acceptors (Lipinski definition) is 3. The van der Waals surface area contributed by atoms with Crippen molar-refractivity contribution in [2.24, 2.45) is 18.9 Å². The summed E-state index contributed by atoms with van der Waals surface area (Å²) >= 11 is 0. The van der Waals surface area contributed by atoms with Gasteiger partial charge in [-0.1, -0.05) is 32.0 Å². The molecule has 1 fully saturated rings. The number of aromatic nitrogens is 2. The predicted octanol–water partition coefficient (Wildman–Crippen LogP) is 2.40. The lowest BCUT2D eigenvalue weighted by Crippen LogP contribution is -2.43. The minimum Gasteiger partial charge on any atom is -0.319 e. The molecule has 2 unspecified atom stereocenters. The summed E-state index contributed by atoms with van der Waals surface area (Å²) in [5, 5.41) is 2.85. The topological polar surface area (TPSA) is 59.3 Å². The van der Waals surface area contributed by atoms with Crippen molar-refractivity contribution in [1.29, 1.82) is 0 Å². The highest BCUT2D eigenvalue weighted by Crippen LogP contribution is 2.21. The van der Waals surface area contributed by atoms with Gasteiger partial charge in [0, 0.05) is 20.1 Å². The van der Waals surface area contributed by atoms with Crippen LogP contribution in [0, 0.1) is 18.8 Å². The Morgan fingerprint density at radius 2 is 1.77 bits per heavy atom. The lowest BCUT2D eigenvalue weighted by molar-refractivity contribution is -0.117. The van der Waals surface area contributed by atoms with E-state index < -0.39 is 0 Å². The molecular formula is C20H28N4O2. The number of hydrogen-bond donors (Lipinski definition) is 1. The van der Waals surface area contributed by atoms with Crippen LogP contribution in [-0.4, -0.2) is 39.8 Å². The van der Waals surface area contributed by atoms with E-state index in [9.17, 15) is 9.59 Å². The molecule has 1 aliphatic rings. The summed E-state index contributed by atoms with van der Waals surface area (Å²) in [4.78, 5) is 27.6. The lowest BCUT2D eigenvalue weighted by Gasteiger charge is -2.34. The average Bonchev–Trinajstić information content (AvgIpc) is 2.78. The van der Waals surface area contributed by atoms with Crippen molar-refractivity contribution in [1.82, 2.24) is 14.3 Å². The first-order valence-electron chi connectivity index (χ1n) is 9.23. The molecule has 1 aliphatic heterocycles. The number of nitrogens with one attached hydrogen (secondary N) is 1. The first-order chi connectivity index (χ1) is 12.4. The number of benzene rings is 1. The smallest absolute Gasteiger partial charge is 0.295 e. The van der Waals surface area contributed by atoms with Gasteiger partial charge in [0.2, 0.25) is 5.91 Å². The maximum atomic E-state index is 12.9. The Bertz CT molecular complexity index is 827. The number of amides is 1. The number of anilines is 1. The third-order valence-electron chi connectivity index (χ3n) is 5.13. The Hall–Kier alpha value is -2.34. The van der Waals surface area contributed by atoms with Gasteiger partial charge in [0.25, 0.3) is 5.56 Å². The molecule has 1 amide bonds. The molecule has 6 heteroatoms. The summed E-state index contributed by atoms with van der Waals surface area (Å²) in [5.41, 5.74) is 1.68. The zero-order valence-electron chi connectivity index (χ0n) is 16.0. The molecule has 2 heterocycles. The van der Waals surface area contributed by atoms with E-state index in [1.54, 1.807) is 9.36 Å². The first kappa shape index (κ1) is 18.5. The number of para-hydroxylation sites is 1. The van der Waals surface area contributed by atoms with Crippen molar-refractivity contribution >= 4 is 11.6 Å².